The van der Waals surface area contributed by atoms with Gasteiger partial charge in [-0.2, -0.15) is 0 Å². The Morgan fingerprint density at radius 3 is 2.50 bits per heavy atom. The quantitative estimate of drug-likeness (QED) is 0.829. The molecule has 0 aliphatic carbocycles. The van der Waals surface area contributed by atoms with Gasteiger partial charge in [0.05, 0.1) is 11.4 Å². The molecule has 1 fully saturated rings. The van der Waals surface area contributed by atoms with Crippen molar-refractivity contribution in [3.63, 3.8) is 0 Å². The number of hydrogen-bond donors (Lipinski definition) is 1. The lowest BCUT2D eigenvalue weighted by Gasteiger charge is -2.43. The average Bonchev–Trinajstić information content (AvgIpc) is 2.49. The molecule has 1 heterocycles. The summed E-state index contributed by atoms with van der Waals surface area (Å²) in [5.74, 6) is 0.884. The fourth-order valence-electron chi connectivity index (χ4n) is 2.60. The highest BCUT2D eigenvalue weighted by Crippen LogP contribution is 2.35. The highest BCUT2D eigenvalue weighted by atomic mass is 15.3. The number of nitrogens with zero attached hydrogens (tertiary/aromatic N) is 2. The van der Waals surface area contributed by atoms with Crippen molar-refractivity contribution in [3.05, 3.63) is 59.6 Å². The van der Waals surface area contributed by atoms with Crippen molar-refractivity contribution in [3.8, 4) is 0 Å². The second-order valence-electron chi connectivity index (χ2n) is 5.66. The first kappa shape index (κ1) is 18.0. The van der Waals surface area contributed by atoms with Crippen LogP contribution < -0.4 is 5.32 Å². The Labute approximate surface area is 135 Å². The number of hydrogen-bond acceptors (Lipinski definition) is 3. The third-order valence-electron chi connectivity index (χ3n) is 4.04. The molecule has 0 amide bonds. The zero-order chi connectivity index (χ0) is 16.9. The largest absolute Gasteiger partial charge is 0.362 e. The molecule has 0 unspecified atom stereocenters. The lowest BCUT2D eigenvalue weighted by molar-refractivity contribution is 0.268. The molecular weight excluding hydrogens is 270 g/mol. The third kappa shape index (κ3) is 3.59. The van der Waals surface area contributed by atoms with Crippen LogP contribution in [0.4, 0.5) is 0 Å². The van der Waals surface area contributed by atoms with Crippen molar-refractivity contribution in [1.29, 1.82) is 0 Å². The lowest BCUT2D eigenvalue weighted by atomic mass is 9.84. The summed E-state index contributed by atoms with van der Waals surface area (Å²) in [5.41, 5.74) is 4.51. The Hall–Kier alpha value is -2.03. The standard InChI is InChI=1S/C17H23N3.C2H6/c1-12-7-8-16(9-15(12)11-18-5)17(4)10-13(2)20(6)14(3)19-17;1-2/h7-9,11,19H,2-3,10H2,1,4-6H3;1-2H3/t17-;/m0./s1. The summed E-state index contributed by atoms with van der Waals surface area (Å²) in [6, 6.07) is 6.51. The molecule has 0 saturated carbocycles. The minimum Gasteiger partial charge on any atom is -0.362 e. The van der Waals surface area contributed by atoms with Crippen LogP contribution >= 0.6 is 0 Å². The van der Waals surface area contributed by atoms with Gasteiger partial charge in [-0.25, -0.2) is 0 Å². The van der Waals surface area contributed by atoms with Crippen molar-refractivity contribution in [1.82, 2.24) is 10.2 Å². The van der Waals surface area contributed by atoms with Crippen molar-refractivity contribution < 1.29 is 0 Å². The molecule has 1 atom stereocenters. The monoisotopic (exact) mass is 299 g/mol. The van der Waals surface area contributed by atoms with E-state index in [1.807, 2.05) is 32.0 Å². The van der Waals surface area contributed by atoms with E-state index in [2.05, 4.69) is 55.5 Å². The van der Waals surface area contributed by atoms with Crippen molar-refractivity contribution in [2.45, 2.75) is 39.7 Å². The molecule has 1 aliphatic rings. The lowest BCUT2D eigenvalue weighted by Crippen LogP contribution is -2.48. The summed E-state index contributed by atoms with van der Waals surface area (Å²) >= 11 is 0. The molecule has 0 radical (unpaired) electrons. The van der Waals surface area contributed by atoms with Gasteiger partial charge in [-0.1, -0.05) is 39.1 Å². The van der Waals surface area contributed by atoms with Gasteiger partial charge in [-0.05, 0) is 36.6 Å². The van der Waals surface area contributed by atoms with Gasteiger partial charge in [0.1, 0.15) is 0 Å². The van der Waals surface area contributed by atoms with Gasteiger partial charge in [0, 0.05) is 32.4 Å². The highest BCUT2D eigenvalue weighted by molar-refractivity contribution is 5.82. The minimum atomic E-state index is -0.176. The maximum atomic E-state index is 4.14. The number of benzene rings is 1. The van der Waals surface area contributed by atoms with Crippen LogP contribution in [0.25, 0.3) is 0 Å². The first-order valence-electron chi connectivity index (χ1n) is 7.79. The Morgan fingerprint density at radius 1 is 1.32 bits per heavy atom. The molecule has 1 aromatic rings. The molecule has 2 rings (SSSR count). The predicted molar refractivity (Wildman–Crippen MR) is 97.2 cm³/mol. The van der Waals surface area contributed by atoms with E-state index >= 15 is 0 Å². The summed E-state index contributed by atoms with van der Waals surface area (Å²) in [6.07, 6.45) is 2.76. The molecule has 3 heteroatoms. The Kier molecular flexibility index (Phi) is 5.98. The van der Waals surface area contributed by atoms with Gasteiger partial charge in [0.15, 0.2) is 0 Å². The second-order valence-corrected chi connectivity index (χ2v) is 5.66. The fourth-order valence-corrected chi connectivity index (χ4v) is 2.60. The molecule has 1 aliphatic heterocycles. The maximum Gasteiger partial charge on any atom is 0.0985 e. The maximum absolute atomic E-state index is 4.14. The molecule has 0 aromatic heterocycles. The van der Waals surface area contributed by atoms with Gasteiger partial charge in [-0.15, -0.1) is 0 Å². The van der Waals surface area contributed by atoms with Gasteiger partial charge in [0.25, 0.3) is 0 Å². The molecule has 22 heavy (non-hydrogen) atoms. The minimum absolute atomic E-state index is 0.176. The molecule has 120 valence electrons. The Bertz CT molecular complexity index is 566. The van der Waals surface area contributed by atoms with Crippen LogP contribution in [0.5, 0.6) is 0 Å². The smallest absolute Gasteiger partial charge is 0.0985 e. The van der Waals surface area contributed by atoms with Crippen molar-refractivity contribution >= 4 is 6.21 Å². The van der Waals surface area contributed by atoms with Gasteiger partial charge < -0.3 is 10.2 Å². The van der Waals surface area contributed by atoms with E-state index in [-0.39, 0.29) is 5.54 Å². The first-order chi connectivity index (χ1) is 10.4. The number of rotatable bonds is 2. The number of nitrogens with one attached hydrogen (secondary N) is 1. The van der Waals surface area contributed by atoms with E-state index in [4.69, 9.17) is 0 Å². The van der Waals surface area contributed by atoms with Gasteiger partial charge >= 0.3 is 0 Å². The van der Waals surface area contributed by atoms with E-state index in [1.165, 1.54) is 11.1 Å². The van der Waals surface area contributed by atoms with Gasteiger partial charge in [0.2, 0.25) is 0 Å². The summed E-state index contributed by atoms with van der Waals surface area (Å²) in [6.45, 7) is 16.5. The van der Waals surface area contributed by atoms with Crippen LogP contribution in [0.15, 0.2) is 47.9 Å². The second kappa shape index (κ2) is 7.30. The fraction of sp³-hybridized carbons (Fsp3) is 0.421. The van der Waals surface area contributed by atoms with Crippen LogP contribution in [0, 0.1) is 6.92 Å². The average molecular weight is 299 g/mol. The molecule has 1 saturated heterocycles. The predicted octanol–water partition coefficient (Wildman–Crippen LogP) is 4.20. The van der Waals surface area contributed by atoms with Crippen LogP contribution in [0.1, 0.15) is 43.9 Å². The summed E-state index contributed by atoms with van der Waals surface area (Å²) < 4.78 is 0. The van der Waals surface area contributed by atoms with E-state index in [9.17, 15) is 0 Å². The van der Waals surface area contributed by atoms with Gasteiger partial charge in [-0.3, -0.25) is 4.99 Å². The van der Waals surface area contributed by atoms with Crippen molar-refractivity contribution in [2.24, 2.45) is 4.99 Å². The molecule has 3 nitrogen and oxygen atoms in total. The summed E-state index contributed by atoms with van der Waals surface area (Å²) in [5, 5.41) is 3.50. The Balaban J connectivity index is 0.00000116. The normalized spacial score (nSPS) is 21.5. The van der Waals surface area contributed by atoms with Crippen molar-refractivity contribution in [2.75, 3.05) is 14.1 Å². The molecule has 1 N–H and O–H groups in total. The van der Waals surface area contributed by atoms with Crippen LogP contribution in [-0.2, 0) is 5.54 Å². The number of aryl methyl sites for hydroxylation is 1. The zero-order valence-corrected chi connectivity index (χ0v) is 14.8. The molecule has 1 aromatic carbocycles. The van der Waals surface area contributed by atoms with E-state index < -0.39 is 0 Å². The highest BCUT2D eigenvalue weighted by Gasteiger charge is 2.34. The topological polar surface area (TPSA) is 27.6 Å². The van der Waals surface area contributed by atoms with E-state index in [0.717, 1.165) is 23.5 Å². The summed E-state index contributed by atoms with van der Waals surface area (Å²) in [4.78, 5) is 6.13. The van der Waals surface area contributed by atoms with E-state index in [1.54, 1.807) is 7.05 Å². The van der Waals surface area contributed by atoms with E-state index in [0.29, 0.717) is 0 Å². The van der Waals surface area contributed by atoms with Crippen LogP contribution in [0.3, 0.4) is 0 Å². The SMILES string of the molecule is C=C1C[C@@](C)(c2ccc(C)c(C=NC)c2)NC(=C)N1C.CC. The Morgan fingerprint density at radius 2 is 1.95 bits per heavy atom. The first-order valence-corrected chi connectivity index (χ1v) is 7.79. The third-order valence-corrected chi connectivity index (χ3v) is 4.04. The van der Waals surface area contributed by atoms with Crippen LogP contribution in [-0.4, -0.2) is 25.2 Å². The molecular formula is C19H29N3. The molecule has 0 spiro atoms. The molecule has 0 bridgehead atoms. The summed E-state index contributed by atoms with van der Waals surface area (Å²) in [7, 11) is 3.78. The number of aliphatic imine (C=N–C) groups is 1. The van der Waals surface area contributed by atoms with Crippen LogP contribution in [0.2, 0.25) is 0 Å². The zero-order valence-electron chi connectivity index (χ0n) is 14.8.